The highest BCUT2D eigenvalue weighted by molar-refractivity contribution is 5.98. The number of piperidine rings is 1. The Labute approximate surface area is 199 Å². The number of carbonyl (C=O) groups is 2. The highest BCUT2D eigenvalue weighted by Gasteiger charge is 2.30. The number of nitrogens with one attached hydrogen (secondary N) is 1. The Hall–Kier alpha value is -3.87. The normalized spacial score (nSPS) is 15.6. The second-order valence-electron chi connectivity index (χ2n) is 8.62. The smallest absolute Gasteiger partial charge is 0.308 e. The Bertz CT molecular complexity index is 1180. The molecule has 3 aromatic rings. The zero-order valence-electron chi connectivity index (χ0n) is 19.5. The van der Waals surface area contributed by atoms with E-state index in [0.29, 0.717) is 37.2 Å². The van der Waals surface area contributed by atoms with Crippen molar-refractivity contribution >= 4 is 17.7 Å². The number of anilines is 1. The van der Waals surface area contributed by atoms with Crippen molar-refractivity contribution in [2.75, 3.05) is 25.5 Å². The molecule has 7 heteroatoms. The summed E-state index contributed by atoms with van der Waals surface area (Å²) < 4.78 is 5.43. The van der Waals surface area contributed by atoms with E-state index >= 15 is 0 Å². The van der Waals surface area contributed by atoms with E-state index in [1.807, 2.05) is 24.3 Å². The Morgan fingerprint density at radius 1 is 1.15 bits per heavy atom. The molecule has 176 valence electrons. The lowest BCUT2D eigenvalue weighted by Gasteiger charge is -2.31. The lowest BCUT2D eigenvalue weighted by molar-refractivity contribution is -0.143. The van der Waals surface area contributed by atoms with Crippen molar-refractivity contribution in [2.45, 2.75) is 26.3 Å². The average Bonchev–Trinajstić information content (AvgIpc) is 2.87. The monoisotopic (exact) mass is 459 g/mol. The van der Waals surface area contributed by atoms with Gasteiger partial charge in [-0.1, -0.05) is 35.9 Å². The molecule has 2 heterocycles. The molecule has 1 unspecified atom stereocenters. The third-order valence-electron chi connectivity index (χ3n) is 6.14. The van der Waals surface area contributed by atoms with Gasteiger partial charge in [-0.15, -0.1) is 0 Å². The van der Waals surface area contributed by atoms with Crippen LogP contribution in [0.1, 0.15) is 34.3 Å². The molecule has 2 N–H and O–H groups in total. The first-order chi connectivity index (χ1) is 16.4. The summed E-state index contributed by atoms with van der Waals surface area (Å²) in [5.74, 6) is -0.371. The van der Waals surface area contributed by atoms with E-state index in [0.717, 1.165) is 16.9 Å². The Balaban J connectivity index is 1.50. The highest BCUT2D eigenvalue weighted by atomic mass is 16.5. The fraction of sp³-hybridized carbons (Fsp3) is 0.296. The van der Waals surface area contributed by atoms with Crippen molar-refractivity contribution in [2.24, 2.45) is 5.92 Å². The number of carboxylic acid groups (broad SMARTS) is 1. The van der Waals surface area contributed by atoms with Gasteiger partial charge < -0.3 is 20.1 Å². The van der Waals surface area contributed by atoms with Gasteiger partial charge in [0.15, 0.2) is 0 Å². The quantitative estimate of drug-likeness (QED) is 0.536. The number of ether oxygens (including phenoxy) is 1. The number of hydrogen-bond donors (Lipinski definition) is 2. The first kappa shape index (κ1) is 23.3. The van der Waals surface area contributed by atoms with Gasteiger partial charge in [-0.2, -0.15) is 0 Å². The fourth-order valence-corrected chi connectivity index (χ4v) is 4.27. The van der Waals surface area contributed by atoms with Crippen LogP contribution in [0.15, 0.2) is 60.8 Å². The summed E-state index contributed by atoms with van der Waals surface area (Å²) in [7, 11) is 1.53. The predicted octanol–water partition coefficient (Wildman–Crippen LogP) is 4.61. The Morgan fingerprint density at radius 3 is 2.68 bits per heavy atom. The number of amides is 1. The molecular weight excluding hydrogens is 430 g/mol. The van der Waals surface area contributed by atoms with Gasteiger partial charge in [-0.3, -0.25) is 9.59 Å². The molecule has 0 aliphatic carbocycles. The predicted molar refractivity (Wildman–Crippen MR) is 131 cm³/mol. The molecule has 1 saturated heterocycles. The van der Waals surface area contributed by atoms with Crippen LogP contribution in [0.4, 0.5) is 5.82 Å². The number of likely N-dealkylation sites (tertiary alicyclic amines) is 1. The zero-order chi connectivity index (χ0) is 24.1. The van der Waals surface area contributed by atoms with E-state index in [1.165, 1.54) is 18.2 Å². The number of pyridine rings is 1. The summed E-state index contributed by atoms with van der Waals surface area (Å²) in [6.45, 7) is 3.51. The molecule has 0 radical (unpaired) electrons. The molecular formula is C27H29N3O4. The van der Waals surface area contributed by atoms with Crippen LogP contribution in [-0.2, 0) is 11.3 Å². The van der Waals surface area contributed by atoms with Crippen LogP contribution in [0.5, 0.6) is 5.75 Å². The van der Waals surface area contributed by atoms with Gasteiger partial charge in [0, 0.05) is 31.4 Å². The first-order valence-corrected chi connectivity index (χ1v) is 11.4. The number of aromatic nitrogens is 1. The number of carbonyl (C=O) groups excluding carboxylic acids is 1. The molecule has 1 aliphatic heterocycles. The summed E-state index contributed by atoms with van der Waals surface area (Å²) in [5.41, 5.74) is 4.55. The molecule has 0 bridgehead atoms. The van der Waals surface area contributed by atoms with Crippen molar-refractivity contribution in [3.05, 3.63) is 77.5 Å². The average molecular weight is 460 g/mol. The van der Waals surface area contributed by atoms with Crippen molar-refractivity contribution in [1.82, 2.24) is 9.88 Å². The Morgan fingerprint density at radius 2 is 1.97 bits per heavy atom. The number of benzene rings is 2. The number of carboxylic acids is 1. The molecule has 0 saturated carbocycles. The summed E-state index contributed by atoms with van der Waals surface area (Å²) in [4.78, 5) is 30.8. The lowest BCUT2D eigenvalue weighted by atomic mass is 9.97. The van der Waals surface area contributed by atoms with Gasteiger partial charge in [0.2, 0.25) is 0 Å². The summed E-state index contributed by atoms with van der Waals surface area (Å²) >= 11 is 0. The maximum Gasteiger partial charge on any atom is 0.308 e. The minimum Gasteiger partial charge on any atom is -0.496 e. The standard InChI is InChI=1S/C27H29N3O4/c1-18-5-3-6-19(13-18)15-28-25-11-9-21(16-29-25)20-8-10-24(34-2)23(14-20)26(31)30-12-4-7-22(17-30)27(32)33/h3,5-6,8-11,13-14,16,22H,4,7,12,15,17H2,1-2H3,(H,28,29)(H,32,33). The van der Waals surface area contributed by atoms with Crippen LogP contribution in [0.3, 0.4) is 0 Å². The van der Waals surface area contributed by atoms with Gasteiger partial charge >= 0.3 is 5.97 Å². The van der Waals surface area contributed by atoms with E-state index in [1.54, 1.807) is 23.2 Å². The van der Waals surface area contributed by atoms with Crippen LogP contribution in [-0.4, -0.2) is 47.1 Å². The van der Waals surface area contributed by atoms with Gasteiger partial charge in [0.25, 0.3) is 5.91 Å². The van der Waals surface area contributed by atoms with E-state index < -0.39 is 11.9 Å². The van der Waals surface area contributed by atoms with E-state index in [2.05, 4.69) is 35.4 Å². The van der Waals surface area contributed by atoms with Crippen molar-refractivity contribution in [1.29, 1.82) is 0 Å². The molecule has 4 rings (SSSR count). The SMILES string of the molecule is COc1ccc(-c2ccc(NCc3cccc(C)c3)nc2)cc1C(=O)N1CCCC(C(=O)O)C1. The van der Waals surface area contributed by atoms with Crippen LogP contribution >= 0.6 is 0 Å². The number of methoxy groups -OCH3 is 1. The molecule has 1 fully saturated rings. The molecule has 2 aromatic carbocycles. The largest absolute Gasteiger partial charge is 0.496 e. The zero-order valence-corrected chi connectivity index (χ0v) is 19.5. The molecule has 7 nitrogen and oxygen atoms in total. The number of aliphatic carboxylic acids is 1. The molecule has 1 atom stereocenters. The van der Waals surface area contributed by atoms with Crippen molar-refractivity contribution in [3.63, 3.8) is 0 Å². The van der Waals surface area contributed by atoms with Gasteiger partial charge in [0.05, 0.1) is 18.6 Å². The van der Waals surface area contributed by atoms with Crippen molar-refractivity contribution in [3.8, 4) is 16.9 Å². The van der Waals surface area contributed by atoms with E-state index in [9.17, 15) is 14.7 Å². The van der Waals surface area contributed by atoms with Crippen molar-refractivity contribution < 1.29 is 19.4 Å². The third kappa shape index (κ3) is 5.36. The summed E-state index contributed by atoms with van der Waals surface area (Å²) in [6, 6.07) is 17.7. The number of hydrogen-bond acceptors (Lipinski definition) is 5. The second kappa shape index (κ2) is 10.4. The number of aryl methyl sites for hydroxylation is 1. The topological polar surface area (TPSA) is 91.8 Å². The Kier molecular flexibility index (Phi) is 7.11. The van der Waals surface area contributed by atoms with E-state index in [4.69, 9.17) is 4.74 Å². The van der Waals surface area contributed by atoms with Gasteiger partial charge in [0.1, 0.15) is 11.6 Å². The molecule has 0 spiro atoms. The highest BCUT2D eigenvalue weighted by Crippen LogP contribution is 2.29. The molecule has 34 heavy (non-hydrogen) atoms. The minimum atomic E-state index is -0.861. The fourth-order valence-electron chi connectivity index (χ4n) is 4.27. The second-order valence-corrected chi connectivity index (χ2v) is 8.62. The minimum absolute atomic E-state index is 0.213. The van der Waals surface area contributed by atoms with E-state index in [-0.39, 0.29) is 12.5 Å². The van der Waals surface area contributed by atoms with Crippen LogP contribution in [0.25, 0.3) is 11.1 Å². The van der Waals surface area contributed by atoms with Crippen LogP contribution in [0, 0.1) is 12.8 Å². The first-order valence-electron chi connectivity index (χ1n) is 11.4. The maximum atomic E-state index is 13.3. The third-order valence-corrected chi connectivity index (χ3v) is 6.14. The summed E-state index contributed by atoms with van der Waals surface area (Å²) in [5, 5.41) is 12.7. The molecule has 1 amide bonds. The van der Waals surface area contributed by atoms with Crippen LogP contribution < -0.4 is 10.1 Å². The molecule has 1 aliphatic rings. The summed E-state index contributed by atoms with van der Waals surface area (Å²) in [6.07, 6.45) is 3.04. The molecule has 1 aromatic heterocycles. The van der Waals surface area contributed by atoms with Gasteiger partial charge in [-0.05, 0) is 55.2 Å². The number of rotatable bonds is 7. The number of nitrogens with zero attached hydrogens (tertiary/aromatic N) is 2. The maximum absolute atomic E-state index is 13.3. The lowest BCUT2D eigenvalue weighted by Crippen LogP contribution is -2.42. The van der Waals surface area contributed by atoms with Gasteiger partial charge in [-0.25, -0.2) is 4.98 Å². The van der Waals surface area contributed by atoms with Crippen LogP contribution in [0.2, 0.25) is 0 Å².